The summed E-state index contributed by atoms with van der Waals surface area (Å²) in [5.41, 5.74) is 3.01. The fourth-order valence-corrected chi connectivity index (χ4v) is 4.70. The average Bonchev–Trinajstić information content (AvgIpc) is 3.22. The summed E-state index contributed by atoms with van der Waals surface area (Å²) in [6.45, 7) is 0. The van der Waals surface area contributed by atoms with Crippen LogP contribution in [0.25, 0.3) is 11.3 Å². The minimum Gasteiger partial charge on any atom is -0.497 e. The number of benzene rings is 2. The van der Waals surface area contributed by atoms with Gasteiger partial charge in [0.05, 0.1) is 18.8 Å². The predicted octanol–water partition coefficient (Wildman–Crippen LogP) is 6.38. The van der Waals surface area contributed by atoms with Gasteiger partial charge in [-0.1, -0.05) is 30.2 Å². The van der Waals surface area contributed by atoms with Crippen molar-refractivity contribution in [3.63, 3.8) is 0 Å². The zero-order valence-corrected chi connectivity index (χ0v) is 17.8. The van der Waals surface area contributed by atoms with Crippen molar-refractivity contribution in [2.45, 2.75) is 31.7 Å². The maximum Gasteiger partial charge on any atom is 0.183 e. The number of hydrogen-bond acceptors (Lipinski definition) is 5. The first-order valence-electron chi connectivity index (χ1n) is 9.79. The highest BCUT2D eigenvalue weighted by Crippen LogP contribution is 2.37. The molecular weight excluding hydrogens is 404 g/mol. The first-order chi connectivity index (χ1) is 14.1. The molecule has 0 saturated heterocycles. The van der Waals surface area contributed by atoms with Gasteiger partial charge in [-0.3, -0.25) is 4.79 Å². The molecule has 29 heavy (non-hydrogen) atoms. The van der Waals surface area contributed by atoms with E-state index in [0.717, 1.165) is 47.0 Å². The lowest BCUT2D eigenvalue weighted by Crippen LogP contribution is -2.30. The number of carbonyl (C=O) groups is 1. The van der Waals surface area contributed by atoms with Crippen molar-refractivity contribution in [1.29, 1.82) is 0 Å². The molecule has 2 unspecified atom stereocenters. The highest BCUT2D eigenvalue weighted by atomic mass is 35.5. The SMILES string of the molecule is COc1ccc(-c2csc(NC(c3ccc(Cl)cc3)C3CCCCC3=O)n2)cc1. The predicted molar refractivity (Wildman–Crippen MR) is 119 cm³/mol. The lowest BCUT2D eigenvalue weighted by atomic mass is 9.80. The molecule has 0 bridgehead atoms. The van der Waals surface area contributed by atoms with Crippen molar-refractivity contribution >= 4 is 33.9 Å². The van der Waals surface area contributed by atoms with Gasteiger partial charge >= 0.3 is 0 Å². The number of ketones is 1. The molecule has 0 radical (unpaired) electrons. The maximum atomic E-state index is 12.7. The third kappa shape index (κ3) is 4.62. The number of ether oxygens (including phenoxy) is 1. The molecule has 1 heterocycles. The van der Waals surface area contributed by atoms with Crippen LogP contribution in [0.15, 0.2) is 53.9 Å². The Bertz CT molecular complexity index is 969. The Balaban J connectivity index is 1.59. The molecule has 2 aromatic carbocycles. The van der Waals surface area contributed by atoms with E-state index in [4.69, 9.17) is 21.3 Å². The molecule has 6 heteroatoms. The van der Waals surface area contributed by atoms with Gasteiger partial charge in [-0.2, -0.15) is 0 Å². The highest BCUT2D eigenvalue weighted by molar-refractivity contribution is 7.14. The summed E-state index contributed by atoms with van der Waals surface area (Å²) in [6, 6.07) is 15.5. The molecule has 1 aliphatic rings. The molecule has 150 valence electrons. The smallest absolute Gasteiger partial charge is 0.183 e. The van der Waals surface area contributed by atoms with E-state index >= 15 is 0 Å². The van der Waals surface area contributed by atoms with E-state index in [9.17, 15) is 4.79 Å². The van der Waals surface area contributed by atoms with Crippen LogP contribution in [0.2, 0.25) is 5.02 Å². The maximum absolute atomic E-state index is 12.7. The number of nitrogens with zero attached hydrogens (tertiary/aromatic N) is 1. The Labute approximate surface area is 179 Å². The third-order valence-electron chi connectivity index (χ3n) is 5.40. The zero-order valence-electron chi connectivity index (χ0n) is 16.2. The van der Waals surface area contributed by atoms with Crippen molar-refractivity contribution in [2.24, 2.45) is 5.92 Å². The molecule has 2 atom stereocenters. The summed E-state index contributed by atoms with van der Waals surface area (Å²) in [6.07, 6.45) is 3.62. The van der Waals surface area contributed by atoms with Gasteiger partial charge in [0.1, 0.15) is 11.5 Å². The number of hydrogen-bond donors (Lipinski definition) is 1. The second-order valence-electron chi connectivity index (χ2n) is 7.26. The van der Waals surface area contributed by atoms with Crippen molar-refractivity contribution < 1.29 is 9.53 Å². The number of nitrogens with one attached hydrogen (secondary N) is 1. The van der Waals surface area contributed by atoms with E-state index in [1.165, 1.54) is 0 Å². The summed E-state index contributed by atoms with van der Waals surface area (Å²) >= 11 is 7.63. The van der Waals surface area contributed by atoms with E-state index < -0.39 is 0 Å². The molecule has 1 saturated carbocycles. The molecule has 0 amide bonds. The summed E-state index contributed by atoms with van der Waals surface area (Å²) in [5, 5.41) is 7.09. The zero-order chi connectivity index (χ0) is 20.2. The Hall–Kier alpha value is -2.37. The second kappa shape index (κ2) is 8.97. The fourth-order valence-electron chi connectivity index (χ4n) is 3.82. The standard InChI is InChI=1S/C23H23ClN2O2S/c1-28-18-12-8-15(9-13-18)20-14-29-23(25-20)26-22(16-6-10-17(24)11-7-16)19-4-2-3-5-21(19)27/h6-14,19,22H,2-5H2,1H3,(H,25,26). The largest absolute Gasteiger partial charge is 0.497 e. The van der Waals surface area contributed by atoms with Gasteiger partial charge in [-0.05, 0) is 54.8 Å². The van der Waals surface area contributed by atoms with Gasteiger partial charge in [-0.25, -0.2) is 4.98 Å². The lowest BCUT2D eigenvalue weighted by Gasteiger charge is -2.30. The second-order valence-corrected chi connectivity index (χ2v) is 8.55. The van der Waals surface area contributed by atoms with E-state index in [2.05, 4.69) is 5.32 Å². The van der Waals surface area contributed by atoms with Gasteiger partial charge in [0.2, 0.25) is 0 Å². The first-order valence-corrected chi connectivity index (χ1v) is 11.0. The Kier molecular flexibility index (Phi) is 6.16. The molecule has 0 spiro atoms. The summed E-state index contributed by atoms with van der Waals surface area (Å²) in [4.78, 5) is 17.4. The molecular formula is C23H23ClN2O2S. The van der Waals surface area contributed by atoms with Gasteiger partial charge in [-0.15, -0.1) is 11.3 Å². The van der Waals surface area contributed by atoms with E-state index in [0.29, 0.717) is 17.2 Å². The molecule has 1 fully saturated rings. The number of halogens is 1. The van der Waals surface area contributed by atoms with Crippen LogP contribution in [-0.4, -0.2) is 17.9 Å². The number of anilines is 1. The normalized spacial score (nSPS) is 17.7. The minimum atomic E-state index is -0.102. The first kappa shape index (κ1) is 19.9. The van der Waals surface area contributed by atoms with Crippen LogP contribution in [-0.2, 0) is 4.79 Å². The van der Waals surface area contributed by atoms with Crippen molar-refractivity contribution in [2.75, 3.05) is 12.4 Å². The highest BCUT2D eigenvalue weighted by Gasteiger charge is 2.32. The van der Waals surface area contributed by atoms with Crippen molar-refractivity contribution in [1.82, 2.24) is 4.98 Å². The van der Waals surface area contributed by atoms with Gasteiger partial charge in [0.15, 0.2) is 5.13 Å². The minimum absolute atomic E-state index is 0.0433. The van der Waals surface area contributed by atoms with Crippen LogP contribution in [0, 0.1) is 5.92 Å². The molecule has 4 nitrogen and oxygen atoms in total. The molecule has 1 aromatic heterocycles. The van der Waals surface area contributed by atoms with Gasteiger partial charge in [0, 0.05) is 28.3 Å². The van der Waals surface area contributed by atoms with Crippen LogP contribution in [0.4, 0.5) is 5.13 Å². The molecule has 0 aliphatic heterocycles. The van der Waals surface area contributed by atoms with Gasteiger partial charge < -0.3 is 10.1 Å². The fraction of sp³-hybridized carbons (Fsp3) is 0.304. The topological polar surface area (TPSA) is 51.2 Å². The van der Waals surface area contributed by atoms with E-state index in [-0.39, 0.29) is 12.0 Å². The number of methoxy groups -OCH3 is 1. The summed E-state index contributed by atoms with van der Waals surface area (Å²) < 4.78 is 5.23. The molecule has 1 N–H and O–H groups in total. The van der Waals surface area contributed by atoms with E-state index in [1.54, 1.807) is 18.4 Å². The number of thiazole rings is 1. The number of carbonyl (C=O) groups excluding carboxylic acids is 1. The summed E-state index contributed by atoms with van der Waals surface area (Å²) in [7, 11) is 1.66. The summed E-state index contributed by atoms with van der Waals surface area (Å²) in [5.74, 6) is 1.11. The number of aromatic nitrogens is 1. The average molecular weight is 427 g/mol. The third-order valence-corrected chi connectivity index (χ3v) is 6.43. The molecule has 4 rings (SSSR count). The van der Waals surface area contributed by atoms with Crippen LogP contribution in [0.1, 0.15) is 37.3 Å². The Morgan fingerprint density at radius 2 is 1.90 bits per heavy atom. The molecule has 1 aliphatic carbocycles. The van der Waals surface area contributed by atoms with Gasteiger partial charge in [0.25, 0.3) is 0 Å². The van der Waals surface area contributed by atoms with Crippen LogP contribution in [0.5, 0.6) is 5.75 Å². The quantitative estimate of drug-likeness (QED) is 0.496. The van der Waals surface area contributed by atoms with Crippen LogP contribution >= 0.6 is 22.9 Å². The molecule has 3 aromatic rings. The number of Topliss-reactive ketones (excluding diaryl/α,β-unsaturated/α-hetero) is 1. The lowest BCUT2D eigenvalue weighted by molar-refractivity contribution is -0.125. The van der Waals surface area contributed by atoms with E-state index in [1.807, 2.05) is 53.9 Å². The Morgan fingerprint density at radius 1 is 1.14 bits per heavy atom. The van der Waals surface area contributed by atoms with Crippen molar-refractivity contribution in [3.05, 3.63) is 64.5 Å². The Morgan fingerprint density at radius 3 is 2.59 bits per heavy atom. The van der Waals surface area contributed by atoms with Crippen molar-refractivity contribution in [3.8, 4) is 17.0 Å². The number of rotatable bonds is 6. The monoisotopic (exact) mass is 426 g/mol. The van der Waals surface area contributed by atoms with Crippen LogP contribution < -0.4 is 10.1 Å². The van der Waals surface area contributed by atoms with Crippen LogP contribution in [0.3, 0.4) is 0 Å².